The molecule has 3 rings (SSSR count). The van der Waals surface area contributed by atoms with E-state index in [9.17, 15) is 15.2 Å². The molecule has 0 saturated carbocycles. The van der Waals surface area contributed by atoms with Gasteiger partial charge in [0.05, 0.1) is 4.92 Å². The van der Waals surface area contributed by atoms with Crippen LogP contribution in [0.1, 0.15) is 23.3 Å². The summed E-state index contributed by atoms with van der Waals surface area (Å²) in [5.41, 5.74) is 0.856. The maximum absolute atomic E-state index is 11.5. The van der Waals surface area contributed by atoms with Crippen LogP contribution in [0.4, 0.5) is 0 Å². The van der Waals surface area contributed by atoms with Crippen LogP contribution in [0, 0.1) is 10.1 Å². The summed E-state index contributed by atoms with van der Waals surface area (Å²) >= 11 is 6.21. The van der Waals surface area contributed by atoms with Crippen molar-refractivity contribution >= 4 is 11.6 Å². The SMILES string of the molecule is O=[N+]([O-])C1(Cl)C(O)c2ccccc2OC1c1ccccc1. The molecule has 3 atom stereocenters. The largest absolute Gasteiger partial charge is 0.476 e. The molecule has 1 aliphatic rings. The predicted octanol–water partition coefficient (Wildman–Crippen LogP) is 3.07. The second kappa shape index (κ2) is 5.02. The van der Waals surface area contributed by atoms with E-state index in [1.54, 1.807) is 54.6 Å². The van der Waals surface area contributed by atoms with E-state index < -0.39 is 22.1 Å². The summed E-state index contributed by atoms with van der Waals surface area (Å²) in [6.45, 7) is 0. The molecule has 1 aliphatic heterocycles. The lowest BCUT2D eigenvalue weighted by atomic mass is 9.90. The van der Waals surface area contributed by atoms with Crippen molar-refractivity contribution in [1.29, 1.82) is 0 Å². The number of nitro groups is 1. The first-order valence-electron chi connectivity index (χ1n) is 6.37. The molecule has 0 radical (unpaired) electrons. The number of fused-ring (bicyclic) bond motifs is 1. The Kier molecular flexibility index (Phi) is 3.31. The molecule has 2 aromatic carbocycles. The Hall–Kier alpha value is -2.11. The van der Waals surface area contributed by atoms with Gasteiger partial charge in [-0.2, -0.15) is 0 Å². The van der Waals surface area contributed by atoms with Crippen LogP contribution in [0.3, 0.4) is 0 Å². The standard InChI is InChI=1S/C15H12ClNO4/c16-15(17(19)20)13(18)11-8-4-5-9-12(11)21-14(15)10-6-2-1-3-7-10/h1-9,13-14,18H. The second-order valence-corrected chi connectivity index (χ2v) is 5.44. The number of hydrogen-bond acceptors (Lipinski definition) is 4. The maximum atomic E-state index is 11.5. The van der Waals surface area contributed by atoms with Crippen molar-refractivity contribution < 1.29 is 14.8 Å². The van der Waals surface area contributed by atoms with Crippen LogP contribution < -0.4 is 4.74 Å². The molecule has 21 heavy (non-hydrogen) atoms. The first-order valence-corrected chi connectivity index (χ1v) is 6.75. The molecule has 0 aromatic heterocycles. The smallest absolute Gasteiger partial charge is 0.364 e. The summed E-state index contributed by atoms with van der Waals surface area (Å²) in [5.74, 6) is 0.400. The van der Waals surface area contributed by atoms with Gasteiger partial charge in [0, 0.05) is 11.1 Å². The Bertz CT molecular complexity index is 678. The minimum Gasteiger partial charge on any atom is -0.476 e. The molecule has 5 nitrogen and oxygen atoms in total. The number of para-hydroxylation sites is 1. The highest BCUT2D eigenvalue weighted by atomic mass is 35.5. The Morgan fingerprint density at radius 3 is 2.43 bits per heavy atom. The van der Waals surface area contributed by atoms with Gasteiger partial charge in [-0.25, -0.2) is 0 Å². The van der Waals surface area contributed by atoms with Crippen molar-refractivity contribution in [2.24, 2.45) is 0 Å². The van der Waals surface area contributed by atoms with E-state index in [2.05, 4.69) is 0 Å². The Labute approximate surface area is 125 Å². The number of ether oxygens (including phenoxy) is 1. The van der Waals surface area contributed by atoms with Crippen molar-refractivity contribution in [3.05, 3.63) is 75.8 Å². The zero-order valence-electron chi connectivity index (χ0n) is 10.8. The minimum absolute atomic E-state index is 0.316. The fourth-order valence-electron chi connectivity index (χ4n) is 2.51. The molecule has 1 heterocycles. The lowest BCUT2D eigenvalue weighted by Crippen LogP contribution is -2.49. The number of aliphatic hydroxyl groups excluding tert-OH is 1. The number of halogens is 1. The van der Waals surface area contributed by atoms with Crippen LogP contribution in [0.5, 0.6) is 5.75 Å². The van der Waals surface area contributed by atoms with Gasteiger partial charge in [-0.05, 0) is 17.7 Å². The summed E-state index contributed by atoms with van der Waals surface area (Å²) in [6.07, 6.45) is -2.55. The molecular weight excluding hydrogens is 294 g/mol. The highest BCUT2D eigenvalue weighted by Crippen LogP contribution is 2.51. The number of aliphatic hydroxyl groups is 1. The predicted molar refractivity (Wildman–Crippen MR) is 76.8 cm³/mol. The first kappa shape index (κ1) is 13.9. The van der Waals surface area contributed by atoms with Gasteiger partial charge in [0.15, 0.2) is 6.10 Å². The molecular formula is C15H12ClNO4. The molecule has 0 amide bonds. The summed E-state index contributed by atoms with van der Waals surface area (Å²) < 4.78 is 5.73. The van der Waals surface area contributed by atoms with E-state index in [-0.39, 0.29) is 0 Å². The fourth-order valence-corrected chi connectivity index (χ4v) is 2.80. The van der Waals surface area contributed by atoms with Crippen LogP contribution in [0.15, 0.2) is 54.6 Å². The Morgan fingerprint density at radius 2 is 1.76 bits per heavy atom. The zero-order chi connectivity index (χ0) is 15.0. The van der Waals surface area contributed by atoms with Crippen LogP contribution in [-0.4, -0.2) is 15.0 Å². The zero-order valence-corrected chi connectivity index (χ0v) is 11.6. The van der Waals surface area contributed by atoms with Crippen LogP contribution in [0.2, 0.25) is 0 Å². The van der Waals surface area contributed by atoms with E-state index in [0.717, 1.165) is 0 Å². The third-order valence-electron chi connectivity index (χ3n) is 3.59. The van der Waals surface area contributed by atoms with Crippen LogP contribution >= 0.6 is 11.6 Å². The average molecular weight is 306 g/mol. The molecule has 0 fully saturated rings. The summed E-state index contributed by atoms with van der Waals surface area (Å²) in [7, 11) is 0. The molecule has 108 valence electrons. The molecule has 3 unspecified atom stereocenters. The highest BCUT2D eigenvalue weighted by Gasteiger charge is 2.61. The van der Waals surface area contributed by atoms with Gasteiger partial charge in [-0.3, -0.25) is 10.1 Å². The molecule has 0 aliphatic carbocycles. The maximum Gasteiger partial charge on any atom is 0.364 e. The third kappa shape index (κ3) is 2.05. The van der Waals surface area contributed by atoms with E-state index >= 15 is 0 Å². The van der Waals surface area contributed by atoms with Crippen molar-refractivity contribution in [2.45, 2.75) is 17.2 Å². The van der Waals surface area contributed by atoms with Crippen LogP contribution in [0.25, 0.3) is 0 Å². The van der Waals surface area contributed by atoms with Gasteiger partial charge < -0.3 is 9.84 Å². The molecule has 0 spiro atoms. The molecule has 6 heteroatoms. The van der Waals surface area contributed by atoms with Crippen molar-refractivity contribution in [2.75, 3.05) is 0 Å². The number of hydrogen-bond donors (Lipinski definition) is 1. The molecule has 1 N–H and O–H groups in total. The van der Waals surface area contributed by atoms with E-state index in [1.165, 1.54) is 0 Å². The molecule has 2 aromatic rings. The van der Waals surface area contributed by atoms with Gasteiger partial charge in [0.1, 0.15) is 5.75 Å². The van der Waals surface area contributed by atoms with Crippen molar-refractivity contribution in [1.82, 2.24) is 0 Å². The Morgan fingerprint density at radius 1 is 1.14 bits per heavy atom. The Balaban J connectivity index is 2.17. The summed E-state index contributed by atoms with van der Waals surface area (Å²) in [6, 6.07) is 15.3. The minimum atomic E-state index is -2.17. The summed E-state index contributed by atoms with van der Waals surface area (Å²) in [4.78, 5) is 8.66. The van der Waals surface area contributed by atoms with Gasteiger partial charge in [-0.1, -0.05) is 48.5 Å². The average Bonchev–Trinajstić information content (AvgIpc) is 2.51. The fraction of sp³-hybridized carbons (Fsp3) is 0.200. The second-order valence-electron chi connectivity index (χ2n) is 4.83. The van der Waals surface area contributed by atoms with Gasteiger partial charge >= 0.3 is 5.00 Å². The van der Waals surface area contributed by atoms with E-state index in [1.807, 2.05) is 0 Å². The number of nitrogens with zero attached hydrogens (tertiary/aromatic N) is 1. The third-order valence-corrected chi connectivity index (χ3v) is 4.13. The monoisotopic (exact) mass is 305 g/mol. The number of rotatable bonds is 2. The lowest BCUT2D eigenvalue weighted by molar-refractivity contribution is -0.570. The van der Waals surface area contributed by atoms with E-state index in [4.69, 9.17) is 16.3 Å². The van der Waals surface area contributed by atoms with Gasteiger partial charge in [0.2, 0.25) is 6.10 Å². The summed E-state index contributed by atoms with van der Waals surface area (Å²) in [5, 5.41) is 21.9. The highest BCUT2D eigenvalue weighted by molar-refractivity contribution is 6.23. The van der Waals surface area contributed by atoms with Crippen molar-refractivity contribution in [3.63, 3.8) is 0 Å². The first-order chi connectivity index (χ1) is 10.0. The molecule has 0 saturated heterocycles. The van der Waals surface area contributed by atoms with Gasteiger partial charge in [-0.15, -0.1) is 0 Å². The molecule has 0 bridgehead atoms. The van der Waals surface area contributed by atoms with Gasteiger partial charge in [0.25, 0.3) is 0 Å². The number of benzene rings is 2. The lowest BCUT2D eigenvalue weighted by Gasteiger charge is -2.37. The van der Waals surface area contributed by atoms with E-state index in [0.29, 0.717) is 16.9 Å². The number of alkyl halides is 1. The normalized spacial score (nSPS) is 27.5. The van der Waals surface area contributed by atoms with Crippen molar-refractivity contribution in [3.8, 4) is 5.75 Å². The quantitative estimate of drug-likeness (QED) is 0.400. The topological polar surface area (TPSA) is 72.6 Å². The van der Waals surface area contributed by atoms with Crippen LogP contribution in [-0.2, 0) is 0 Å².